The molecule has 0 aliphatic carbocycles. The van der Waals surface area contributed by atoms with Crippen molar-refractivity contribution in [2.45, 2.75) is 20.8 Å². The van der Waals surface area contributed by atoms with Gasteiger partial charge in [-0.1, -0.05) is 12.1 Å². The van der Waals surface area contributed by atoms with Crippen LogP contribution in [0.5, 0.6) is 5.75 Å². The van der Waals surface area contributed by atoms with Crippen LogP contribution < -0.4 is 4.74 Å². The summed E-state index contributed by atoms with van der Waals surface area (Å²) in [4.78, 5) is 15.7. The number of hydrogen-bond acceptors (Lipinski definition) is 5. The van der Waals surface area contributed by atoms with Gasteiger partial charge in [0.25, 0.3) is 0 Å². The van der Waals surface area contributed by atoms with Gasteiger partial charge in [-0.2, -0.15) is 0 Å². The molecule has 4 nitrogen and oxygen atoms in total. The first-order valence-electron chi connectivity index (χ1n) is 7.15. The molecule has 0 aliphatic rings. The van der Waals surface area contributed by atoms with Crippen molar-refractivity contribution in [2.24, 2.45) is 0 Å². The Morgan fingerprint density at radius 2 is 1.91 bits per heavy atom. The fourth-order valence-electron chi connectivity index (χ4n) is 2.42. The van der Waals surface area contributed by atoms with Gasteiger partial charge in [0.15, 0.2) is 0 Å². The van der Waals surface area contributed by atoms with Crippen molar-refractivity contribution in [3.63, 3.8) is 0 Å². The topological polar surface area (TPSA) is 52.3 Å². The van der Waals surface area contributed by atoms with E-state index < -0.39 is 0 Å². The molecule has 0 aliphatic heterocycles. The molecule has 5 heteroatoms. The van der Waals surface area contributed by atoms with E-state index in [2.05, 4.69) is 4.98 Å². The van der Waals surface area contributed by atoms with E-state index in [0.29, 0.717) is 16.3 Å². The molecule has 0 fully saturated rings. The molecule has 0 bridgehead atoms. The van der Waals surface area contributed by atoms with Gasteiger partial charge in [-0.3, -0.25) is 4.79 Å². The standard InChI is InChI=1S/C18H15NO3S/c1-10-9-16(21-12(3)20)11(2)8-14(10)17-19-15-7-5-4-6-13(15)18(23)22-17/h4-9H,1-3H3. The lowest BCUT2D eigenvalue weighted by Gasteiger charge is -2.11. The molecule has 0 unspecified atom stereocenters. The number of aromatic nitrogens is 1. The molecule has 0 spiro atoms. The molecule has 1 heterocycles. The highest BCUT2D eigenvalue weighted by Crippen LogP contribution is 2.30. The van der Waals surface area contributed by atoms with Crippen LogP contribution in [0.4, 0.5) is 0 Å². The number of para-hydroxylation sites is 1. The van der Waals surface area contributed by atoms with Gasteiger partial charge in [-0.25, -0.2) is 4.98 Å². The minimum Gasteiger partial charge on any atom is -0.426 e. The maximum absolute atomic E-state index is 11.2. The molecular formula is C18H15NO3S. The van der Waals surface area contributed by atoms with E-state index in [1.165, 1.54) is 6.92 Å². The molecule has 3 rings (SSSR count). The third kappa shape index (κ3) is 3.00. The molecule has 0 amide bonds. The van der Waals surface area contributed by atoms with Gasteiger partial charge >= 0.3 is 5.97 Å². The number of hydrogen-bond donors (Lipinski definition) is 0. The largest absolute Gasteiger partial charge is 0.426 e. The number of carbonyl (C=O) groups is 1. The minimum atomic E-state index is -0.346. The van der Waals surface area contributed by atoms with Gasteiger partial charge in [0.2, 0.25) is 10.6 Å². The summed E-state index contributed by atoms with van der Waals surface area (Å²) in [5.74, 6) is 0.656. The number of aryl methyl sites for hydroxylation is 2. The van der Waals surface area contributed by atoms with Crippen molar-refractivity contribution in [1.29, 1.82) is 0 Å². The smallest absolute Gasteiger partial charge is 0.308 e. The fourth-order valence-corrected chi connectivity index (χ4v) is 2.67. The second-order valence-electron chi connectivity index (χ2n) is 5.35. The Morgan fingerprint density at radius 1 is 1.17 bits per heavy atom. The number of carbonyl (C=O) groups excluding carboxylic acids is 1. The van der Waals surface area contributed by atoms with Crippen LogP contribution in [0.15, 0.2) is 40.8 Å². The van der Waals surface area contributed by atoms with Gasteiger partial charge in [0.05, 0.1) is 10.9 Å². The summed E-state index contributed by atoms with van der Waals surface area (Å²) in [7, 11) is 0. The number of fused-ring (bicyclic) bond motifs is 1. The number of nitrogens with zero attached hydrogens (tertiary/aromatic N) is 1. The lowest BCUT2D eigenvalue weighted by Crippen LogP contribution is -2.03. The van der Waals surface area contributed by atoms with Gasteiger partial charge < -0.3 is 9.15 Å². The zero-order valence-corrected chi connectivity index (χ0v) is 13.9. The third-order valence-corrected chi connectivity index (χ3v) is 3.84. The van der Waals surface area contributed by atoms with Crippen LogP contribution in [0.3, 0.4) is 0 Å². The molecule has 23 heavy (non-hydrogen) atoms. The number of esters is 1. The summed E-state index contributed by atoms with van der Waals surface area (Å²) >= 11 is 5.32. The molecule has 116 valence electrons. The lowest BCUT2D eigenvalue weighted by molar-refractivity contribution is -0.131. The second kappa shape index (κ2) is 5.93. The molecule has 0 saturated heterocycles. The van der Waals surface area contributed by atoms with Crippen LogP contribution in [0.2, 0.25) is 0 Å². The summed E-state index contributed by atoms with van der Waals surface area (Å²) < 4.78 is 11.3. The summed E-state index contributed by atoms with van der Waals surface area (Å²) in [6.45, 7) is 5.17. The van der Waals surface area contributed by atoms with E-state index in [-0.39, 0.29) is 5.97 Å². The quantitative estimate of drug-likeness (QED) is 0.386. The SMILES string of the molecule is CC(=O)Oc1cc(C)c(-c2nc3ccccc3c(=S)o2)cc1C. The summed E-state index contributed by atoms with van der Waals surface area (Å²) in [6.07, 6.45) is 0. The molecule has 3 aromatic rings. The van der Waals surface area contributed by atoms with Crippen LogP contribution in [0, 0.1) is 18.6 Å². The first-order chi connectivity index (χ1) is 11.0. The molecule has 0 radical (unpaired) electrons. The Morgan fingerprint density at radius 3 is 2.65 bits per heavy atom. The van der Waals surface area contributed by atoms with Crippen LogP contribution in [-0.2, 0) is 4.79 Å². The molecule has 2 aromatic carbocycles. The van der Waals surface area contributed by atoms with Crippen LogP contribution in [0.25, 0.3) is 22.4 Å². The second-order valence-corrected chi connectivity index (χ2v) is 5.72. The highest BCUT2D eigenvalue weighted by Gasteiger charge is 2.13. The van der Waals surface area contributed by atoms with Crippen molar-refractivity contribution < 1.29 is 13.9 Å². The van der Waals surface area contributed by atoms with E-state index in [9.17, 15) is 4.79 Å². The number of benzene rings is 2. The normalized spacial score (nSPS) is 10.7. The average molecular weight is 325 g/mol. The summed E-state index contributed by atoms with van der Waals surface area (Å²) in [5, 5.41) is 0.817. The minimum absolute atomic E-state index is 0.346. The Balaban J connectivity index is 2.17. The Kier molecular flexibility index (Phi) is 3.96. The monoisotopic (exact) mass is 325 g/mol. The molecular weight excluding hydrogens is 310 g/mol. The number of rotatable bonds is 2. The lowest BCUT2D eigenvalue weighted by atomic mass is 10.0. The summed E-state index contributed by atoms with van der Waals surface area (Å²) in [6, 6.07) is 11.3. The van der Waals surface area contributed by atoms with E-state index in [1.807, 2.05) is 50.2 Å². The Hall–Kier alpha value is -2.53. The van der Waals surface area contributed by atoms with Crippen LogP contribution in [-0.4, -0.2) is 11.0 Å². The third-order valence-electron chi connectivity index (χ3n) is 3.54. The average Bonchev–Trinajstić information content (AvgIpc) is 2.50. The van der Waals surface area contributed by atoms with Gasteiger partial charge in [0, 0.05) is 12.5 Å². The maximum atomic E-state index is 11.2. The highest BCUT2D eigenvalue weighted by atomic mass is 32.1. The Labute approximate surface area is 138 Å². The first kappa shape index (κ1) is 15.4. The zero-order chi connectivity index (χ0) is 16.6. The predicted octanol–water partition coefficient (Wildman–Crippen LogP) is 4.77. The molecule has 0 N–H and O–H groups in total. The van der Waals surface area contributed by atoms with E-state index in [0.717, 1.165) is 27.6 Å². The zero-order valence-electron chi connectivity index (χ0n) is 13.0. The van der Waals surface area contributed by atoms with Gasteiger partial charge in [-0.05, 0) is 61.5 Å². The van der Waals surface area contributed by atoms with Crippen LogP contribution in [0.1, 0.15) is 18.1 Å². The van der Waals surface area contributed by atoms with Crippen molar-refractivity contribution in [3.05, 3.63) is 52.2 Å². The molecule has 0 saturated carbocycles. The summed E-state index contributed by atoms with van der Waals surface area (Å²) in [5.41, 5.74) is 3.35. The van der Waals surface area contributed by atoms with Crippen molar-refractivity contribution >= 4 is 29.1 Å². The highest BCUT2D eigenvalue weighted by molar-refractivity contribution is 7.71. The van der Waals surface area contributed by atoms with Crippen LogP contribution >= 0.6 is 12.2 Å². The van der Waals surface area contributed by atoms with Crippen molar-refractivity contribution in [1.82, 2.24) is 4.98 Å². The Bertz CT molecular complexity index is 976. The van der Waals surface area contributed by atoms with Gasteiger partial charge in [0.1, 0.15) is 5.75 Å². The predicted molar refractivity (Wildman–Crippen MR) is 91.1 cm³/mol. The van der Waals surface area contributed by atoms with E-state index in [4.69, 9.17) is 21.4 Å². The number of ether oxygens (including phenoxy) is 1. The molecule has 0 atom stereocenters. The van der Waals surface area contributed by atoms with Crippen molar-refractivity contribution in [2.75, 3.05) is 0 Å². The van der Waals surface area contributed by atoms with Crippen molar-refractivity contribution in [3.8, 4) is 17.2 Å². The first-order valence-corrected chi connectivity index (χ1v) is 7.56. The molecule has 1 aromatic heterocycles. The fraction of sp³-hybridized carbons (Fsp3) is 0.167. The maximum Gasteiger partial charge on any atom is 0.308 e. The van der Waals surface area contributed by atoms with E-state index >= 15 is 0 Å². The van der Waals surface area contributed by atoms with Gasteiger partial charge in [-0.15, -0.1) is 0 Å². The van der Waals surface area contributed by atoms with E-state index in [1.54, 1.807) is 0 Å².